The van der Waals surface area contributed by atoms with E-state index < -0.39 is 0 Å². The molecule has 0 spiro atoms. The summed E-state index contributed by atoms with van der Waals surface area (Å²) >= 11 is 0. The van der Waals surface area contributed by atoms with Gasteiger partial charge in [0.1, 0.15) is 0 Å². The van der Waals surface area contributed by atoms with Crippen molar-refractivity contribution < 1.29 is 0 Å². The summed E-state index contributed by atoms with van der Waals surface area (Å²) in [7, 11) is 0. The van der Waals surface area contributed by atoms with E-state index in [1.165, 1.54) is 6.20 Å². The molecule has 0 saturated heterocycles. The Kier molecular flexibility index (Phi) is 7.23. The molecule has 14 heavy (non-hydrogen) atoms. The van der Waals surface area contributed by atoms with Crippen LogP contribution in [0.3, 0.4) is 0 Å². The highest BCUT2D eigenvalue weighted by Gasteiger charge is 1.86. The van der Waals surface area contributed by atoms with Crippen molar-refractivity contribution >= 4 is 6.21 Å². The number of rotatable bonds is 3. The highest BCUT2D eigenvalue weighted by Crippen LogP contribution is 1.94. The lowest BCUT2D eigenvalue weighted by Crippen LogP contribution is -1.83. The van der Waals surface area contributed by atoms with Gasteiger partial charge in [-0.25, -0.2) is 0 Å². The van der Waals surface area contributed by atoms with Crippen LogP contribution in [0.5, 0.6) is 0 Å². The van der Waals surface area contributed by atoms with Gasteiger partial charge in [-0.2, -0.15) is 0 Å². The molecule has 0 amide bonds. The van der Waals surface area contributed by atoms with Gasteiger partial charge in [-0.05, 0) is 6.42 Å². The van der Waals surface area contributed by atoms with Crippen molar-refractivity contribution in [3.05, 3.63) is 30.2 Å². The molecule has 0 aromatic rings. The van der Waals surface area contributed by atoms with E-state index >= 15 is 0 Å². The predicted molar refractivity (Wildman–Crippen MR) is 63.2 cm³/mol. The highest BCUT2D eigenvalue weighted by atomic mass is 14.7. The van der Waals surface area contributed by atoms with Gasteiger partial charge in [-0.1, -0.05) is 45.3 Å². The van der Waals surface area contributed by atoms with E-state index in [1.54, 1.807) is 6.21 Å². The molecular formula is C13H17N. The Bertz CT molecular complexity index is 315. The van der Waals surface area contributed by atoms with Crippen molar-refractivity contribution in [2.24, 2.45) is 10.9 Å². The van der Waals surface area contributed by atoms with Gasteiger partial charge in [-0.15, -0.1) is 5.73 Å². The SMILES string of the molecule is C=C=CN=C/C(C#CC(C)C)=C\CC. The molecule has 0 heterocycles. The Morgan fingerprint density at radius 2 is 2.21 bits per heavy atom. The van der Waals surface area contributed by atoms with Crippen LogP contribution >= 0.6 is 0 Å². The monoisotopic (exact) mass is 187 g/mol. The second kappa shape index (κ2) is 8.10. The molecule has 0 unspecified atom stereocenters. The van der Waals surface area contributed by atoms with Crippen molar-refractivity contribution in [3.63, 3.8) is 0 Å². The van der Waals surface area contributed by atoms with Crippen LogP contribution in [0.1, 0.15) is 27.2 Å². The molecule has 0 bridgehead atoms. The molecule has 0 N–H and O–H groups in total. The molecule has 0 aliphatic carbocycles. The Morgan fingerprint density at radius 3 is 2.71 bits per heavy atom. The third-order valence-corrected chi connectivity index (χ3v) is 1.31. The van der Waals surface area contributed by atoms with E-state index in [9.17, 15) is 0 Å². The van der Waals surface area contributed by atoms with Gasteiger partial charge in [0.15, 0.2) is 0 Å². The lowest BCUT2D eigenvalue weighted by Gasteiger charge is -1.90. The van der Waals surface area contributed by atoms with Crippen molar-refractivity contribution in [3.8, 4) is 11.8 Å². The fourth-order valence-electron chi connectivity index (χ4n) is 0.754. The van der Waals surface area contributed by atoms with Gasteiger partial charge in [0.05, 0.1) is 6.20 Å². The van der Waals surface area contributed by atoms with E-state index in [0.717, 1.165) is 12.0 Å². The molecule has 0 aliphatic heterocycles. The summed E-state index contributed by atoms with van der Waals surface area (Å²) in [5.74, 6) is 6.56. The number of hydrogen-bond acceptors (Lipinski definition) is 1. The van der Waals surface area contributed by atoms with Crippen LogP contribution in [0.15, 0.2) is 35.2 Å². The second-order valence-corrected chi connectivity index (χ2v) is 3.10. The Hall–Kier alpha value is -1.51. The third kappa shape index (κ3) is 7.16. The summed E-state index contributed by atoms with van der Waals surface area (Å²) in [5, 5.41) is 0. The number of hydrogen-bond donors (Lipinski definition) is 0. The van der Waals surface area contributed by atoms with Crippen molar-refractivity contribution in [2.75, 3.05) is 0 Å². The summed E-state index contributed by atoms with van der Waals surface area (Å²) in [6.07, 6.45) is 6.28. The quantitative estimate of drug-likeness (QED) is 0.365. The maximum absolute atomic E-state index is 3.99. The predicted octanol–water partition coefficient (Wildman–Crippen LogP) is 3.35. The first-order valence-electron chi connectivity index (χ1n) is 4.79. The van der Waals surface area contributed by atoms with Crippen molar-refractivity contribution in [2.45, 2.75) is 27.2 Å². The molecule has 1 nitrogen and oxygen atoms in total. The largest absolute Gasteiger partial charge is 0.255 e. The highest BCUT2D eigenvalue weighted by molar-refractivity contribution is 5.84. The third-order valence-electron chi connectivity index (χ3n) is 1.31. The standard InChI is InChI=1S/C13H17N/c1-5-7-13(9-8-12(3)4)11-14-10-6-2/h7,10-12H,2,5H2,1,3-4H3/b13-7-,14-11?. The van der Waals surface area contributed by atoms with Crippen LogP contribution in [0.2, 0.25) is 0 Å². The fourth-order valence-corrected chi connectivity index (χ4v) is 0.754. The van der Waals surface area contributed by atoms with Gasteiger partial charge < -0.3 is 0 Å². The van der Waals surface area contributed by atoms with E-state index in [-0.39, 0.29) is 0 Å². The Morgan fingerprint density at radius 1 is 1.50 bits per heavy atom. The summed E-state index contributed by atoms with van der Waals surface area (Å²) in [6, 6.07) is 0. The first-order valence-corrected chi connectivity index (χ1v) is 4.79. The summed E-state index contributed by atoms with van der Waals surface area (Å²) in [5.41, 5.74) is 3.53. The van der Waals surface area contributed by atoms with Gasteiger partial charge in [0.2, 0.25) is 0 Å². The maximum atomic E-state index is 3.99. The first-order chi connectivity index (χ1) is 6.70. The molecule has 0 aromatic carbocycles. The molecule has 0 aromatic heterocycles. The Labute approximate surface area is 86.9 Å². The van der Waals surface area contributed by atoms with E-state index in [1.807, 2.05) is 0 Å². The zero-order valence-corrected chi connectivity index (χ0v) is 9.17. The average molecular weight is 187 g/mol. The topological polar surface area (TPSA) is 12.4 Å². The first kappa shape index (κ1) is 12.5. The minimum Gasteiger partial charge on any atom is -0.255 e. The van der Waals surface area contributed by atoms with Crippen LogP contribution in [0.25, 0.3) is 0 Å². The van der Waals surface area contributed by atoms with Crippen LogP contribution in [0.4, 0.5) is 0 Å². The molecule has 0 fully saturated rings. The number of aliphatic imine (C=N–C) groups is 1. The van der Waals surface area contributed by atoms with Crippen LogP contribution in [-0.4, -0.2) is 6.21 Å². The molecule has 0 radical (unpaired) electrons. The minimum atomic E-state index is 0.388. The number of allylic oxidation sites excluding steroid dienone is 2. The van der Waals surface area contributed by atoms with Gasteiger partial charge in [-0.3, -0.25) is 4.99 Å². The second-order valence-electron chi connectivity index (χ2n) is 3.10. The molecular weight excluding hydrogens is 170 g/mol. The molecule has 74 valence electrons. The molecule has 0 atom stereocenters. The van der Waals surface area contributed by atoms with Crippen molar-refractivity contribution in [1.82, 2.24) is 0 Å². The van der Waals surface area contributed by atoms with E-state index in [0.29, 0.717) is 5.92 Å². The zero-order chi connectivity index (χ0) is 10.8. The molecule has 0 aliphatic rings. The Balaban J connectivity index is 4.56. The van der Waals surface area contributed by atoms with E-state index in [4.69, 9.17) is 0 Å². The zero-order valence-electron chi connectivity index (χ0n) is 9.17. The lowest BCUT2D eigenvalue weighted by atomic mass is 10.2. The molecule has 0 rings (SSSR count). The smallest absolute Gasteiger partial charge is 0.0681 e. The van der Waals surface area contributed by atoms with Crippen LogP contribution in [0, 0.1) is 17.8 Å². The number of nitrogens with zero attached hydrogens (tertiary/aromatic N) is 1. The average Bonchev–Trinajstić information content (AvgIpc) is 2.14. The van der Waals surface area contributed by atoms with Gasteiger partial charge in [0, 0.05) is 17.7 Å². The summed E-state index contributed by atoms with van der Waals surface area (Å²) < 4.78 is 0. The normalized spacial score (nSPS) is 11.0. The minimum absolute atomic E-state index is 0.388. The lowest BCUT2D eigenvalue weighted by molar-refractivity contribution is 0.866. The van der Waals surface area contributed by atoms with Crippen molar-refractivity contribution in [1.29, 1.82) is 0 Å². The summed E-state index contributed by atoms with van der Waals surface area (Å²) in [6.45, 7) is 9.64. The van der Waals surface area contributed by atoms with Gasteiger partial charge in [0.25, 0.3) is 0 Å². The van der Waals surface area contributed by atoms with Crippen LogP contribution < -0.4 is 0 Å². The van der Waals surface area contributed by atoms with Crippen LogP contribution in [-0.2, 0) is 0 Å². The van der Waals surface area contributed by atoms with E-state index in [2.05, 4.69) is 56.0 Å². The molecule has 0 saturated carbocycles. The maximum Gasteiger partial charge on any atom is 0.0681 e. The van der Waals surface area contributed by atoms with Gasteiger partial charge >= 0.3 is 0 Å². The fraction of sp³-hybridized carbons (Fsp3) is 0.385. The summed E-state index contributed by atoms with van der Waals surface area (Å²) in [4.78, 5) is 3.99. The molecule has 1 heteroatoms.